The average molecular weight is 309 g/mol. The second kappa shape index (κ2) is 8.66. The summed E-state index contributed by atoms with van der Waals surface area (Å²) in [5.41, 5.74) is 0.770. The molecule has 0 bridgehead atoms. The van der Waals surface area contributed by atoms with Gasteiger partial charge >= 0.3 is 17.9 Å². The standard InChI is InChI=1S/C15H19NO6/c1-2-8-22-15(21)11-4-3-5-12(9-11)16(10-14(19)20)7-6-13(17)18/h3-5,9H,2,6-8,10H2,1H3,(H,17,18)(H,19,20). The molecule has 0 unspecified atom stereocenters. The van der Waals surface area contributed by atoms with Gasteiger partial charge in [0, 0.05) is 12.2 Å². The van der Waals surface area contributed by atoms with E-state index < -0.39 is 17.9 Å². The van der Waals surface area contributed by atoms with Gasteiger partial charge in [0.05, 0.1) is 18.6 Å². The van der Waals surface area contributed by atoms with E-state index in [4.69, 9.17) is 14.9 Å². The monoisotopic (exact) mass is 309 g/mol. The molecule has 0 saturated carbocycles. The molecular formula is C15H19NO6. The Bertz CT molecular complexity index is 543. The van der Waals surface area contributed by atoms with Crippen molar-refractivity contribution >= 4 is 23.6 Å². The van der Waals surface area contributed by atoms with Crippen molar-refractivity contribution in [2.45, 2.75) is 19.8 Å². The number of ether oxygens (including phenoxy) is 1. The van der Waals surface area contributed by atoms with Crippen LogP contribution in [0.3, 0.4) is 0 Å². The van der Waals surface area contributed by atoms with Gasteiger partial charge < -0.3 is 19.8 Å². The van der Waals surface area contributed by atoms with Crippen molar-refractivity contribution in [2.75, 3.05) is 24.6 Å². The summed E-state index contributed by atoms with van der Waals surface area (Å²) in [5.74, 6) is -2.59. The van der Waals surface area contributed by atoms with Crippen LogP contribution in [0, 0.1) is 0 Å². The lowest BCUT2D eigenvalue weighted by molar-refractivity contribution is -0.138. The summed E-state index contributed by atoms with van der Waals surface area (Å²) in [6.45, 7) is 1.88. The second-order valence-corrected chi connectivity index (χ2v) is 4.65. The highest BCUT2D eigenvalue weighted by Gasteiger charge is 2.15. The lowest BCUT2D eigenvalue weighted by Gasteiger charge is -2.22. The number of carboxylic acids is 2. The number of anilines is 1. The molecule has 0 aromatic heterocycles. The Kier molecular flexibility index (Phi) is 6.88. The number of nitrogens with zero attached hydrogens (tertiary/aromatic N) is 1. The molecule has 0 radical (unpaired) electrons. The molecule has 0 heterocycles. The summed E-state index contributed by atoms with van der Waals surface area (Å²) < 4.78 is 5.02. The highest BCUT2D eigenvalue weighted by molar-refractivity contribution is 5.90. The first-order valence-corrected chi connectivity index (χ1v) is 6.89. The minimum Gasteiger partial charge on any atom is -0.481 e. The molecule has 0 aliphatic carbocycles. The normalized spacial score (nSPS) is 10.0. The van der Waals surface area contributed by atoms with Crippen molar-refractivity contribution in [1.29, 1.82) is 0 Å². The van der Waals surface area contributed by atoms with Gasteiger partial charge in [-0.25, -0.2) is 4.79 Å². The summed E-state index contributed by atoms with van der Waals surface area (Å²) in [5, 5.41) is 17.7. The molecule has 7 nitrogen and oxygen atoms in total. The maximum Gasteiger partial charge on any atom is 0.338 e. The molecule has 1 aromatic rings. The second-order valence-electron chi connectivity index (χ2n) is 4.65. The Morgan fingerprint density at radius 2 is 1.91 bits per heavy atom. The molecule has 0 fully saturated rings. The molecule has 22 heavy (non-hydrogen) atoms. The molecule has 0 spiro atoms. The van der Waals surface area contributed by atoms with E-state index in [1.165, 1.54) is 11.0 Å². The van der Waals surface area contributed by atoms with Gasteiger partial charge in [-0.2, -0.15) is 0 Å². The predicted molar refractivity (Wildman–Crippen MR) is 79.1 cm³/mol. The van der Waals surface area contributed by atoms with E-state index in [-0.39, 0.29) is 19.5 Å². The lowest BCUT2D eigenvalue weighted by Crippen LogP contribution is -2.31. The van der Waals surface area contributed by atoms with Gasteiger partial charge in [0.25, 0.3) is 0 Å². The number of carbonyl (C=O) groups is 3. The highest BCUT2D eigenvalue weighted by atomic mass is 16.5. The van der Waals surface area contributed by atoms with E-state index in [1.54, 1.807) is 18.2 Å². The molecule has 0 aliphatic rings. The van der Waals surface area contributed by atoms with E-state index >= 15 is 0 Å². The zero-order valence-corrected chi connectivity index (χ0v) is 12.3. The largest absolute Gasteiger partial charge is 0.481 e. The van der Waals surface area contributed by atoms with Crippen molar-refractivity contribution in [3.05, 3.63) is 29.8 Å². The summed E-state index contributed by atoms with van der Waals surface area (Å²) in [6, 6.07) is 6.30. The fraction of sp³-hybridized carbons (Fsp3) is 0.400. The van der Waals surface area contributed by atoms with E-state index in [2.05, 4.69) is 0 Å². The lowest BCUT2D eigenvalue weighted by atomic mass is 10.2. The number of hydrogen-bond acceptors (Lipinski definition) is 5. The molecule has 1 rings (SSSR count). The smallest absolute Gasteiger partial charge is 0.338 e. The highest BCUT2D eigenvalue weighted by Crippen LogP contribution is 2.17. The quantitative estimate of drug-likeness (QED) is 0.668. The molecule has 0 amide bonds. The molecule has 120 valence electrons. The van der Waals surface area contributed by atoms with Gasteiger partial charge in [0.2, 0.25) is 0 Å². The summed E-state index contributed by atoms with van der Waals surface area (Å²) in [7, 11) is 0. The number of hydrogen-bond donors (Lipinski definition) is 2. The molecular weight excluding hydrogens is 290 g/mol. The summed E-state index contributed by atoms with van der Waals surface area (Å²) >= 11 is 0. The van der Waals surface area contributed by atoms with Crippen LogP contribution in [0.2, 0.25) is 0 Å². The van der Waals surface area contributed by atoms with Gasteiger partial charge in [0.1, 0.15) is 6.54 Å². The fourth-order valence-electron chi connectivity index (χ4n) is 1.80. The van der Waals surface area contributed by atoms with Crippen molar-refractivity contribution < 1.29 is 29.3 Å². The number of esters is 1. The Balaban J connectivity index is 2.91. The van der Waals surface area contributed by atoms with Crippen LogP contribution in [0.5, 0.6) is 0 Å². The summed E-state index contributed by atoms with van der Waals surface area (Å²) in [4.78, 5) is 34.8. The minimum absolute atomic E-state index is 0.0368. The number of aliphatic carboxylic acids is 2. The molecule has 7 heteroatoms. The molecule has 0 saturated heterocycles. The van der Waals surface area contributed by atoms with Gasteiger partial charge in [-0.3, -0.25) is 9.59 Å². The zero-order chi connectivity index (χ0) is 16.5. The number of rotatable bonds is 9. The number of carbonyl (C=O) groups excluding carboxylic acids is 1. The van der Waals surface area contributed by atoms with Crippen LogP contribution < -0.4 is 4.90 Å². The molecule has 0 aliphatic heterocycles. The van der Waals surface area contributed by atoms with Crippen LogP contribution in [0.1, 0.15) is 30.1 Å². The van der Waals surface area contributed by atoms with E-state index in [1.807, 2.05) is 6.92 Å². The van der Waals surface area contributed by atoms with Gasteiger partial charge in [-0.1, -0.05) is 13.0 Å². The van der Waals surface area contributed by atoms with E-state index in [0.717, 1.165) is 0 Å². The Morgan fingerprint density at radius 3 is 2.50 bits per heavy atom. The van der Waals surface area contributed by atoms with Gasteiger partial charge in [-0.05, 0) is 24.6 Å². The van der Waals surface area contributed by atoms with Crippen LogP contribution in [0.15, 0.2) is 24.3 Å². The van der Waals surface area contributed by atoms with Crippen molar-refractivity contribution in [3.8, 4) is 0 Å². The Hall–Kier alpha value is -2.57. The SMILES string of the molecule is CCCOC(=O)c1cccc(N(CCC(=O)O)CC(=O)O)c1. The topological polar surface area (TPSA) is 104 Å². The fourth-order valence-corrected chi connectivity index (χ4v) is 1.80. The maximum absolute atomic E-state index is 11.8. The minimum atomic E-state index is -1.08. The maximum atomic E-state index is 11.8. The van der Waals surface area contributed by atoms with Crippen molar-refractivity contribution in [2.24, 2.45) is 0 Å². The van der Waals surface area contributed by atoms with Gasteiger partial charge in [0.15, 0.2) is 0 Å². The third-order valence-corrected chi connectivity index (χ3v) is 2.81. The first-order chi connectivity index (χ1) is 10.4. The number of carboxylic acid groups (broad SMARTS) is 2. The zero-order valence-electron chi connectivity index (χ0n) is 12.3. The third kappa shape index (κ3) is 5.82. The van der Waals surface area contributed by atoms with Crippen LogP contribution >= 0.6 is 0 Å². The van der Waals surface area contributed by atoms with E-state index in [0.29, 0.717) is 24.3 Å². The predicted octanol–water partition coefficient (Wildman–Crippen LogP) is 1.62. The van der Waals surface area contributed by atoms with Crippen LogP contribution in [-0.4, -0.2) is 47.8 Å². The third-order valence-electron chi connectivity index (χ3n) is 2.81. The van der Waals surface area contributed by atoms with E-state index in [9.17, 15) is 14.4 Å². The average Bonchev–Trinajstić information content (AvgIpc) is 2.48. The number of benzene rings is 1. The van der Waals surface area contributed by atoms with Crippen molar-refractivity contribution in [1.82, 2.24) is 0 Å². The Morgan fingerprint density at radius 1 is 1.18 bits per heavy atom. The van der Waals surface area contributed by atoms with Crippen LogP contribution in [0.25, 0.3) is 0 Å². The molecule has 0 atom stereocenters. The van der Waals surface area contributed by atoms with Crippen LogP contribution in [0.4, 0.5) is 5.69 Å². The van der Waals surface area contributed by atoms with Gasteiger partial charge in [-0.15, -0.1) is 0 Å². The molecule has 2 N–H and O–H groups in total. The van der Waals surface area contributed by atoms with Crippen molar-refractivity contribution in [3.63, 3.8) is 0 Å². The summed E-state index contributed by atoms with van der Waals surface area (Å²) in [6.07, 6.45) is 0.507. The Labute approximate surface area is 128 Å². The first kappa shape index (κ1) is 17.5. The van der Waals surface area contributed by atoms with Crippen LogP contribution in [-0.2, 0) is 14.3 Å². The first-order valence-electron chi connectivity index (χ1n) is 6.89. The molecule has 1 aromatic carbocycles.